The molecule has 4 rings (SSSR count). The van der Waals surface area contributed by atoms with Gasteiger partial charge in [0.1, 0.15) is 12.9 Å². The largest absolute Gasteiger partial charge is 0.491 e. The summed E-state index contributed by atoms with van der Waals surface area (Å²) in [6.07, 6.45) is 1.24. The molecule has 2 heterocycles. The summed E-state index contributed by atoms with van der Waals surface area (Å²) in [6, 6.07) is 20.8. The molecule has 0 amide bonds. The highest BCUT2D eigenvalue weighted by atomic mass is 79.9. The molecule has 214 valence electrons. The van der Waals surface area contributed by atoms with E-state index in [0.717, 1.165) is 0 Å². The third kappa shape index (κ3) is 5.37. The Kier molecular flexibility index (Phi) is 9.21. The number of hydrogen-bond donors (Lipinski definition) is 0. The van der Waals surface area contributed by atoms with Gasteiger partial charge in [-0.05, 0) is 44.7 Å². The molecule has 0 N–H and O–H groups in total. The maximum atomic E-state index is 13.8. The van der Waals surface area contributed by atoms with Gasteiger partial charge in [-0.3, -0.25) is 9.59 Å². The standard InChI is InChI=1S/C31H38BrNO6Si/c1-30(2,3)40(22-13-9-7-10-14-22,23-15-11-8-12-16-23)39-18-17-31(4)25(34)20-33-19-24(32)27(35)28(37-6)26(33)29(31)38-21-36-5/h7-16,19,29H,17-18,20-21H2,1-6H3. The molecule has 2 aromatic carbocycles. The number of carbonyl (C=O) groups is 1. The van der Waals surface area contributed by atoms with Crippen LogP contribution in [0.2, 0.25) is 5.04 Å². The van der Waals surface area contributed by atoms with Gasteiger partial charge in [0, 0.05) is 19.9 Å². The molecular weight excluding hydrogens is 590 g/mol. The van der Waals surface area contributed by atoms with E-state index in [-0.39, 0.29) is 35.3 Å². The number of aromatic nitrogens is 1. The van der Waals surface area contributed by atoms with E-state index in [2.05, 4.69) is 85.2 Å². The molecule has 1 aliphatic heterocycles. The molecule has 2 atom stereocenters. The Balaban J connectivity index is 1.77. The van der Waals surface area contributed by atoms with Crippen LogP contribution in [-0.4, -0.2) is 46.3 Å². The number of hydrogen-bond acceptors (Lipinski definition) is 6. The molecule has 1 aliphatic rings. The molecule has 0 spiro atoms. The number of halogens is 1. The van der Waals surface area contributed by atoms with E-state index in [1.54, 1.807) is 10.8 Å². The summed E-state index contributed by atoms with van der Waals surface area (Å²) in [7, 11) is 0.178. The number of rotatable bonds is 10. The number of ether oxygens (including phenoxy) is 3. The number of ketones is 1. The first kappa shape index (κ1) is 30.4. The van der Waals surface area contributed by atoms with Crippen LogP contribution < -0.4 is 20.5 Å². The second-order valence-corrected chi connectivity index (χ2v) is 16.6. The SMILES string of the molecule is COCOC1c2c(OC)c(=O)c(Br)cn2CC(=O)C1(C)CCO[Si](c1ccccc1)(c1ccccc1)C(C)(C)C. The highest BCUT2D eigenvalue weighted by Crippen LogP contribution is 2.47. The minimum absolute atomic E-state index is 0.00949. The lowest BCUT2D eigenvalue weighted by atomic mass is 9.73. The summed E-state index contributed by atoms with van der Waals surface area (Å²) in [5.74, 6) is 0.145. The molecule has 0 bridgehead atoms. The molecule has 2 unspecified atom stereocenters. The van der Waals surface area contributed by atoms with E-state index < -0.39 is 19.8 Å². The van der Waals surface area contributed by atoms with Gasteiger partial charge >= 0.3 is 0 Å². The maximum Gasteiger partial charge on any atom is 0.261 e. The fraction of sp³-hybridized carbons (Fsp3) is 0.419. The third-order valence-corrected chi connectivity index (χ3v) is 13.5. The molecule has 0 aliphatic carbocycles. The zero-order valence-electron chi connectivity index (χ0n) is 24.0. The minimum atomic E-state index is -2.80. The lowest BCUT2D eigenvalue weighted by Crippen LogP contribution is -2.66. The number of pyridine rings is 1. The first-order valence-corrected chi connectivity index (χ1v) is 16.1. The fourth-order valence-electron chi connectivity index (χ4n) is 5.85. The van der Waals surface area contributed by atoms with Gasteiger partial charge in [-0.25, -0.2) is 0 Å². The van der Waals surface area contributed by atoms with E-state index in [4.69, 9.17) is 18.6 Å². The summed E-state index contributed by atoms with van der Waals surface area (Å²) in [5.41, 5.74) is -0.752. The zero-order valence-corrected chi connectivity index (χ0v) is 26.6. The summed E-state index contributed by atoms with van der Waals surface area (Å²) in [6.45, 7) is 8.93. The van der Waals surface area contributed by atoms with E-state index in [1.165, 1.54) is 24.6 Å². The monoisotopic (exact) mass is 627 g/mol. The Bertz CT molecular complexity index is 1350. The number of benzene rings is 2. The number of fused-ring (bicyclic) bond motifs is 1. The number of Topliss-reactive ketones (excluding diaryl/α,β-unsaturated/α-hetero) is 1. The van der Waals surface area contributed by atoms with Crippen LogP contribution in [0.4, 0.5) is 0 Å². The predicted molar refractivity (Wildman–Crippen MR) is 162 cm³/mol. The Hall–Kier alpha value is -2.56. The van der Waals surface area contributed by atoms with E-state index in [0.29, 0.717) is 23.2 Å². The lowest BCUT2D eigenvalue weighted by Gasteiger charge is -2.45. The molecule has 3 aromatic rings. The van der Waals surface area contributed by atoms with Crippen molar-refractivity contribution in [3.8, 4) is 5.75 Å². The van der Waals surface area contributed by atoms with Gasteiger partial charge < -0.3 is 23.2 Å². The molecule has 0 saturated carbocycles. The van der Waals surface area contributed by atoms with Crippen LogP contribution in [0.5, 0.6) is 5.75 Å². The van der Waals surface area contributed by atoms with Gasteiger partial charge in [-0.15, -0.1) is 0 Å². The molecule has 0 radical (unpaired) electrons. The molecule has 0 saturated heterocycles. The first-order chi connectivity index (χ1) is 19.0. The van der Waals surface area contributed by atoms with E-state index in [1.807, 2.05) is 19.1 Å². The second-order valence-electron chi connectivity index (χ2n) is 11.4. The van der Waals surface area contributed by atoms with Crippen LogP contribution in [0.1, 0.15) is 45.9 Å². The van der Waals surface area contributed by atoms with Crippen LogP contribution >= 0.6 is 15.9 Å². The van der Waals surface area contributed by atoms with Gasteiger partial charge in [0.15, 0.2) is 11.5 Å². The predicted octanol–water partition coefficient (Wildman–Crippen LogP) is 4.84. The van der Waals surface area contributed by atoms with E-state index in [9.17, 15) is 9.59 Å². The Morgan fingerprint density at radius 2 is 1.57 bits per heavy atom. The van der Waals surface area contributed by atoms with E-state index >= 15 is 0 Å². The van der Waals surface area contributed by atoms with Crippen molar-refractivity contribution in [1.82, 2.24) is 4.57 Å². The number of methoxy groups -OCH3 is 2. The van der Waals surface area contributed by atoms with Crippen molar-refractivity contribution in [2.45, 2.75) is 51.8 Å². The van der Waals surface area contributed by atoms with Crippen molar-refractivity contribution >= 4 is 40.4 Å². The average molecular weight is 629 g/mol. The Morgan fingerprint density at radius 1 is 1.00 bits per heavy atom. The van der Waals surface area contributed by atoms with Crippen molar-refractivity contribution in [1.29, 1.82) is 0 Å². The molecular formula is C31H38BrNO6Si. The van der Waals surface area contributed by atoms with Gasteiger partial charge in [-0.1, -0.05) is 81.4 Å². The van der Waals surface area contributed by atoms with Crippen molar-refractivity contribution in [2.24, 2.45) is 5.41 Å². The second kappa shape index (κ2) is 12.1. The van der Waals surface area contributed by atoms with Gasteiger partial charge in [-0.2, -0.15) is 0 Å². The highest BCUT2D eigenvalue weighted by molar-refractivity contribution is 9.10. The number of nitrogens with zero attached hydrogens (tertiary/aromatic N) is 1. The Labute approximate surface area is 245 Å². The summed E-state index contributed by atoms with van der Waals surface area (Å²) >= 11 is 3.31. The third-order valence-electron chi connectivity index (χ3n) is 7.93. The van der Waals surface area contributed by atoms with Crippen molar-refractivity contribution in [3.63, 3.8) is 0 Å². The molecule has 7 nitrogen and oxygen atoms in total. The summed E-state index contributed by atoms with van der Waals surface area (Å²) in [5, 5.41) is 2.14. The van der Waals surface area contributed by atoms with Crippen molar-refractivity contribution in [3.05, 3.63) is 87.3 Å². The molecule has 1 aromatic heterocycles. The van der Waals surface area contributed by atoms with Gasteiger partial charge in [0.2, 0.25) is 5.43 Å². The molecule has 40 heavy (non-hydrogen) atoms. The first-order valence-electron chi connectivity index (χ1n) is 13.4. The van der Waals surface area contributed by atoms with Gasteiger partial charge in [0.25, 0.3) is 8.32 Å². The van der Waals surface area contributed by atoms with Crippen LogP contribution in [0.15, 0.2) is 76.1 Å². The topological polar surface area (TPSA) is 76.0 Å². The zero-order chi connectivity index (χ0) is 29.1. The minimum Gasteiger partial charge on any atom is -0.491 e. The number of carbonyl (C=O) groups excluding carboxylic acids is 1. The van der Waals surface area contributed by atoms with Crippen LogP contribution in [0.3, 0.4) is 0 Å². The maximum absolute atomic E-state index is 13.8. The van der Waals surface area contributed by atoms with Gasteiger partial charge in [0.05, 0.1) is 29.2 Å². The molecule has 9 heteroatoms. The van der Waals surface area contributed by atoms with Crippen LogP contribution in [-0.2, 0) is 25.2 Å². The highest BCUT2D eigenvalue weighted by Gasteiger charge is 2.52. The fourth-order valence-corrected chi connectivity index (χ4v) is 10.8. The quantitative estimate of drug-likeness (QED) is 0.237. The van der Waals surface area contributed by atoms with Crippen LogP contribution in [0, 0.1) is 5.41 Å². The smallest absolute Gasteiger partial charge is 0.261 e. The summed E-state index contributed by atoms with van der Waals surface area (Å²) in [4.78, 5) is 26.8. The lowest BCUT2D eigenvalue weighted by molar-refractivity contribution is -0.159. The van der Waals surface area contributed by atoms with Crippen LogP contribution in [0.25, 0.3) is 0 Å². The van der Waals surface area contributed by atoms with Crippen molar-refractivity contribution < 1.29 is 23.4 Å². The normalized spacial score (nSPS) is 19.4. The van der Waals surface area contributed by atoms with Crippen molar-refractivity contribution in [2.75, 3.05) is 27.6 Å². The molecule has 0 fully saturated rings. The average Bonchev–Trinajstić information content (AvgIpc) is 2.93. The summed E-state index contributed by atoms with van der Waals surface area (Å²) < 4.78 is 26.1. The Morgan fingerprint density at radius 3 is 2.08 bits per heavy atom.